The summed E-state index contributed by atoms with van der Waals surface area (Å²) < 4.78 is 6.46. The van der Waals surface area contributed by atoms with Crippen molar-refractivity contribution in [3.05, 3.63) is 52.0 Å². The fourth-order valence-corrected chi connectivity index (χ4v) is 8.35. The number of nitrogens with zero attached hydrogens (tertiary/aromatic N) is 4. The van der Waals surface area contributed by atoms with E-state index < -0.39 is 24.2 Å². The molecule has 4 fully saturated rings. The fourth-order valence-electron chi connectivity index (χ4n) is 7.92. The third kappa shape index (κ3) is 7.83. The summed E-state index contributed by atoms with van der Waals surface area (Å²) in [4.78, 5) is 59.9. The van der Waals surface area contributed by atoms with E-state index in [0.717, 1.165) is 37.8 Å². The SMILES string of the molecule is O=C(O)[C@@H]1CCCCN1C1CCN(C(=O)[C@@H](Cc2ccc(O)c(Br)c2)OC(=O)N2CCC(N3CCC4=CC=CCC4NC3=O)CC2)CC1. The number of carboxylic acids is 1. The van der Waals surface area contributed by atoms with Gasteiger partial charge in [-0.05, 0) is 97.1 Å². The Morgan fingerprint density at radius 1 is 0.958 bits per heavy atom. The molecule has 0 saturated carbocycles. The average Bonchev–Trinajstić information content (AvgIpc) is 3.27. The van der Waals surface area contributed by atoms with Crippen LogP contribution in [0.15, 0.2) is 46.5 Å². The molecule has 0 spiro atoms. The number of likely N-dealkylation sites (tertiary alicyclic amines) is 3. The first-order valence-corrected chi connectivity index (χ1v) is 18.1. The zero-order valence-corrected chi connectivity index (χ0v) is 28.9. The van der Waals surface area contributed by atoms with E-state index in [9.17, 15) is 29.4 Å². The lowest BCUT2D eigenvalue weighted by atomic mass is 9.94. The normalized spacial score (nSPS) is 25.1. The molecule has 3 atom stereocenters. The van der Waals surface area contributed by atoms with Crippen LogP contribution in [0.1, 0.15) is 63.4 Å². The molecule has 0 bridgehead atoms. The van der Waals surface area contributed by atoms with E-state index in [0.29, 0.717) is 69.3 Å². The number of halogens is 1. The first-order chi connectivity index (χ1) is 23.2. The Bertz CT molecular complexity index is 1440. The molecule has 13 heteroatoms. The van der Waals surface area contributed by atoms with E-state index in [1.165, 1.54) is 11.6 Å². The highest BCUT2D eigenvalue weighted by molar-refractivity contribution is 9.10. The molecule has 12 nitrogen and oxygen atoms in total. The fraction of sp³-hybridized carbons (Fsp3) is 0.600. The van der Waals surface area contributed by atoms with Crippen LogP contribution in [-0.4, -0.2) is 123 Å². The van der Waals surface area contributed by atoms with Gasteiger partial charge in [-0.3, -0.25) is 14.5 Å². The number of phenols is 1. The number of fused-ring (bicyclic) bond motifs is 1. The lowest BCUT2D eigenvalue weighted by molar-refractivity contribution is -0.148. The minimum absolute atomic E-state index is 0.0106. The molecule has 1 unspecified atom stereocenters. The lowest BCUT2D eigenvalue weighted by Crippen LogP contribution is -2.55. The van der Waals surface area contributed by atoms with Gasteiger partial charge in [-0.25, -0.2) is 9.59 Å². The van der Waals surface area contributed by atoms with Crippen molar-refractivity contribution in [2.24, 2.45) is 0 Å². The van der Waals surface area contributed by atoms with Crippen molar-refractivity contribution in [2.45, 2.75) is 94.5 Å². The van der Waals surface area contributed by atoms with E-state index in [1.54, 1.807) is 21.9 Å². The Morgan fingerprint density at radius 2 is 1.69 bits per heavy atom. The van der Waals surface area contributed by atoms with E-state index in [2.05, 4.69) is 38.3 Å². The number of carboxylic acid groups (broad SMARTS) is 1. The van der Waals surface area contributed by atoms with Crippen molar-refractivity contribution in [1.82, 2.24) is 24.9 Å². The summed E-state index contributed by atoms with van der Waals surface area (Å²) in [6, 6.07) is 4.57. The molecule has 5 aliphatic rings. The summed E-state index contributed by atoms with van der Waals surface area (Å²) in [6.45, 7) is 3.13. The number of amides is 4. The van der Waals surface area contributed by atoms with Crippen molar-refractivity contribution in [3.8, 4) is 5.75 Å². The minimum atomic E-state index is -1.06. The molecule has 1 aliphatic carbocycles. The third-order valence-corrected chi connectivity index (χ3v) is 11.3. The number of allylic oxidation sites excluding steroid dienone is 2. The predicted octanol–water partition coefficient (Wildman–Crippen LogP) is 4.27. The van der Waals surface area contributed by atoms with E-state index in [4.69, 9.17) is 4.74 Å². The Kier molecular flexibility index (Phi) is 10.9. The van der Waals surface area contributed by atoms with Crippen LogP contribution < -0.4 is 5.32 Å². The van der Waals surface area contributed by atoms with Crippen molar-refractivity contribution >= 4 is 39.9 Å². The van der Waals surface area contributed by atoms with E-state index in [1.807, 2.05) is 11.0 Å². The number of carbonyl (C=O) groups is 4. The standard InChI is InChI=1S/C35H46BrN5O7/c36-27-21-23(8-9-30(27)42)22-31(32(43)38-16-11-25(12-17-38)40-15-4-3-7-29(40)33(44)45)48-35(47)39-18-13-26(14-19-39)41-20-10-24-5-1-2-6-28(24)37-34(41)46/h1-2,5,8-9,21,25-26,28-29,31,42H,3-4,6-7,10-20,22H2,(H,37,46)(H,44,45)/t28?,29-,31+/m0/s1. The molecule has 0 aromatic heterocycles. The lowest BCUT2D eigenvalue weighted by Gasteiger charge is -2.43. The first-order valence-electron chi connectivity index (χ1n) is 17.3. The molecule has 4 aliphatic heterocycles. The van der Waals surface area contributed by atoms with Crippen LogP contribution in [0.25, 0.3) is 0 Å². The molecule has 1 aromatic rings. The number of ether oxygens (including phenoxy) is 1. The Morgan fingerprint density at radius 3 is 2.42 bits per heavy atom. The zero-order chi connectivity index (χ0) is 33.8. The van der Waals surface area contributed by atoms with Crippen molar-refractivity contribution in [1.29, 1.82) is 0 Å². The maximum Gasteiger partial charge on any atom is 0.410 e. The zero-order valence-electron chi connectivity index (χ0n) is 27.3. The number of phenolic OH excluding ortho intramolecular Hbond substituents is 1. The Labute approximate surface area is 289 Å². The Balaban J connectivity index is 1.07. The summed E-state index contributed by atoms with van der Waals surface area (Å²) in [5, 5.41) is 22.9. The monoisotopic (exact) mass is 727 g/mol. The number of carbonyl (C=O) groups excluding carboxylic acids is 3. The van der Waals surface area contributed by atoms with Gasteiger partial charge in [0.05, 0.1) is 10.5 Å². The number of piperidine rings is 3. The highest BCUT2D eigenvalue weighted by atomic mass is 79.9. The number of rotatable bonds is 7. The van der Waals surface area contributed by atoms with Gasteiger partial charge in [-0.1, -0.05) is 30.7 Å². The minimum Gasteiger partial charge on any atom is -0.507 e. The summed E-state index contributed by atoms with van der Waals surface area (Å²) in [5.41, 5.74) is 1.97. The van der Waals surface area contributed by atoms with Gasteiger partial charge in [0.15, 0.2) is 6.10 Å². The van der Waals surface area contributed by atoms with Gasteiger partial charge in [0, 0.05) is 51.2 Å². The summed E-state index contributed by atoms with van der Waals surface area (Å²) in [7, 11) is 0. The maximum absolute atomic E-state index is 14.0. The molecule has 1 aromatic carbocycles. The summed E-state index contributed by atoms with van der Waals surface area (Å²) in [5.74, 6) is -0.987. The van der Waals surface area contributed by atoms with E-state index >= 15 is 0 Å². The molecule has 260 valence electrons. The maximum atomic E-state index is 14.0. The molecule has 4 saturated heterocycles. The van der Waals surface area contributed by atoms with E-state index in [-0.39, 0.29) is 42.2 Å². The number of benzene rings is 1. The van der Waals surface area contributed by atoms with Crippen LogP contribution >= 0.6 is 15.9 Å². The van der Waals surface area contributed by atoms with Crippen LogP contribution in [0.3, 0.4) is 0 Å². The summed E-state index contributed by atoms with van der Waals surface area (Å²) >= 11 is 3.34. The second kappa shape index (κ2) is 15.3. The number of hydrogen-bond acceptors (Lipinski definition) is 7. The number of aliphatic carboxylic acids is 1. The summed E-state index contributed by atoms with van der Waals surface area (Å²) in [6.07, 6.45) is 11.5. The van der Waals surface area contributed by atoms with Crippen LogP contribution in [-0.2, 0) is 20.7 Å². The van der Waals surface area contributed by atoms with Gasteiger partial charge in [-0.2, -0.15) is 0 Å². The number of urea groups is 1. The second-order valence-corrected chi connectivity index (χ2v) is 14.4. The molecule has 48 heavy (non-hydrogen) atoms. The van der Waals surface area contributed by atoms with Crippen LogP contribution in [0.4, 0.5) is 9.59 Å². The highest BCUT2D eigenvalue weighted by Crippen LogP contribution is 2.29. The smallest absolute Gasteiger partial charge is 0.410 e. The van der Waals surface area contributed by atoms with Gasteiger partial charge < -0.3 is 35.0 Å². The van der Waals surface area contributed by atoms with Crippen molar-refractivity contribution < 1.29 is 34.1 Å². The number of hydrogen-bond donors (Lipinski definition) is 3. The van der Waals surface area contributed by atoms with Gasteiger partial charge in [0.25, 0.3) is 5.91 Å². The van der Waals surface area contributed by atoms with Gasteiger partial charge in [-0.15, -0.1) is 0 Å². The van der Waals surface area contributed by atoms with Gasteiger partial charge in [0.2, 0.25) is 0 Å². The van der Waals surface area contributed by atoms with Gasteiger partial charge >= 0.3 is 18.1 Å². The van der Waals surface area contributed by atoms with Crippen LogP contribution in [0.5, 0.6) is 5.75 Å². The third-order valence-electron chi connectivity index (χ3n) is 10.7. The molecule has 6 rings (SSSR count). The molecule has 4 amide bonds. The van der Waals surface area contributed by atoms with Crippen molar-refractivity contribution in [2.75, 3.05) is 39.3 Å². The molecule has 4 heterocycles. The average molecular weight is 729 g/mol. The topological polar surface area (TPSA) is 143 Å². The predicted molar refractivity (Wildman–Crippen MR) is 181 cm³/mol. The van der Waals surface area contributed by atoms with Crippen molar-refractivity contribution in [3.63, 3.8) is 0 Å². The van der Waals surface area contributed by atoms with Gasteiger partial charge in [0.1, 0.15) is 11.8 Å². The quantitative estimate of drug-likeness (QED) is 0.378. The highest BCUT2D eigenvalue weighted by Gasteiger charge is 2.39. The molecule has 0 radical (unpaired) electrons. The van der Waals surface area contributed by atoms with Crippen LogP contribution in [0, 0.1) is 0 Å². The largest absolute Gasteiger partial charge is 0.507 e. The molecular formula is C35H46BrN5O7. The number of aromatic hydroxyl groups is 1. The first kappa shape index (κ1) is 34.3. The van der Waals surface area contributed by atoms with Crippen LogP contribution in [0.2, 0.25) is 0 Å². The molecule has 3 N–H and O–H groups in total. The molecular weight excluding hydrogens is 682 g/mol. The Hall–Kier alpha value is -3.58. The number of nitrogens with one attached hydrogen (secondary N) is 1. The second-order valence-electron chi connectivity index (χ2n) is 13.6.